The third-order valence-electron chi connectivity index (χ3n) is 1.91. The van der Waals surface area contributed by atoms with E-state index in [2.05, 4.69) is 11.9 Å². The second-order valence-corrected chi connectivity index (χ2v) is 2.99. The van der Waals surface area contributed by atoms with Crippen molar-refractivity contribution in [2.45, 2.75) is 13.0 Å². The lowest BCUT2D eigenvalue weighted by Gasteiger charge is -2.12. The van der Waals surface area contributed by atoms with Gasteiger partial charge in [-0.15, -0.1) is 0 Å². The number of benzene rings is 1. The average molecular weight is 193 g/mol. The molecule has 0 spiro atoms. The van der Waals surface area contributed by atoms with Crippen molar-refractivity contribution in [3.05, 3.63) is 48.3 Å². The van der Waals surface area contributed by atoms with Crippen molar-refractivity contribution < 1.29 is 9.18 Å². The predicted molar refractivity (Wildman–Crippen MR) is 53.2 cm³/mol. The molecule has 0 unspecified atom stereocenters. The van der Waals surface area contributed by atoms with Crippen LogP contribution in [-0.4, -0.2) is 5.91 Å². The first kappa shape index (κ1) is 10.4. The molecule has 1 atom stereocenters. The highest BCUT2D eigenvalue weighted by Gasteiger charge is 2.06. The summed E-state index contributed by atoms with van der Waals surface area (Å²) in [5.74, 6) is -0.516. The highest BCUT2D eigenvalue weighted by Crippen LogP contribution is 2.12. The molecule has 2 nitrogen and oxygen atoms in total. The molecule has 3 heteroatoms. The summed E-state index contributed by atoms with van der Waals surface area (Å²) < 4.78 is 12.6. The van der Waals surface area contributed by atoms with E-state index in [0.29, 0.717) is 0 Å². The molecule has 0 heterocycles. The van der Waals surface area contributed by atoms with Crippen molar-refractivity contribution in [2.75, 3.05) is 0 Å². The van der Waals surface area contributed by atoms with Crippen molar-refractivity contribution in [1.29, 1.82) is 0 Å². The topological polar surface area (TPSA) is 29.1 Å². The van der Waals surface area contributed by atoms with Gasteiger partial charge in [-0.3, -0.25) is 4.79 Å². The van der Waals surface area contributed by atoms with Crippen molar-refractivity contribution in [3.8, 4) is 0 Å². The van der Waals surface area contributed by atoms with Crippen molar-refractivity contribution in [1.82, 2.24) is 5.32 Å². The Morgan fingerprint density at radius 3 is 2.57 bits per heavy atom. The third kappa shape index (κ3) is 2.69. The van der Waals surface area contributed by atoms with E-state index in [1.807, 2.05) is 6.92 Å². The van der Waals surface area contributed by atoms with Crippen LogP contribution in [0.3, 0.4) is 0 Å². The molecule has 1 aromatic carbocycles. The van der Waals surface area contributed by atoms with Crippen LogP contribution in [0.5, 0.6) is 0 Å². The van der Waals surface area contributed by atoms with Gasteiger partial charge in [0.25, 0.3) is 0 Å². The molecule has 0 bridgehead atoms. The molecule has 1 aromatic rings. The summed E-state index contributed by atoms with van der Waals surface area (Å²) in [5.41, 5.74) is 0.863. The lowest BCUT2D eigenvalue weighted by molar-refractivity contribution is -0.117. The zero-order valence-corrected chi connectivity index (χ0v) is 7.96. The maximum atomic E-state index is 12.6. The first-order valence-electron chi connectivity index (χ1n) is 4.32. The van der Waals surface area contributed by atoms with Gasteiger partial charge >= 0.3 is 0 Å². The Morgan fingerprint density at radius 2 is 2.07 bits per heavy atom. The van der Waals surface area contributed by atoms with Crippen LogP contribution in [0.2, 0.25) is 0 Å². The number of amides is 1. The van der Waals surface area contributed by atoms with Gasteiger partial charge in [-0.05, 0) is 30.7 Å². The van der Waals surface area contributed by atoms with Gasteiger partial charge in [-0.2, -0.15) is 0 Å². The molecular weight excluding hydrogens is 181 g/mol. The highest BCUT2D eigenvalue weighted by molar-refractivity contribution is 5.87. The van der Waals surface area contributed by atoms with E-state index in [1.54, 1.807) is 12.1 Å². The van der Waals surface area contributed by atoms with Gasteiger partial charge in [0.2, 0.25) is 5.91 Å². The van der Waals surface area contributed by atoms with Gasteiger partial charge in [-0.1, -0.05) is 18.7 Å². The Labute approximate surface area is 82.4 Å². The minimum absolute atomic E-state index is 0.138. The number of carbonyl (C=O) groups excluding carboxylic acids is 1. The molecule has 1 N–H and O–H groups in total. The third-order valence-corrected chi connectivity index (χ3v) is 1.91. The van der Waals surface area contributed by atoms with Crippen LogP contribution in [0.4, 0.5) is 4.39 Å². The van der Waals surface area contributed by atoms with E-state index in [-0.39, 0.29) is 17.8 Å². The minimum Gasteiger partial charge on any atom is -0.346 e. The Morgan fingerprint density at radius 1 is 1.50 bits per heavy atom. The van der Waals surface area contributed by atoms with E-state index in [0.717, 1.165) is 5.56 Å². The fourth-order valence-electron chi connectivity index (χ4n) is 1.11. The number of hydrogen-bond donors (Lipinski definition) is 1. The Balaban J connectivity index is 2.69. The predicted octanol–water partition coefficient (Wildman–Crippen LogP) is 2.19. The molecular formula is C11H12FNO. The minimum atomic E-state index is -0.281. The van der Waals surface area contributed by atoms with Crippen LogP contribution in [0, 0.1) is 5.82 Å². The molecule has 0 saturated heterocycles. The summed E-state index contributed by atoms with van der Waals surface area (Å²) in [6.45, 7) is 5.18. The normalized spacial score (nSPS) is 11.9. The smallest absolute Gasteiger partial charge is 0.243 e. The average Bonchev–Trinajstić information content (AvgIpc) is 2.18. The molecule has 14 heavy (non-hydrogen) atoms. The van der Waals surface area contributed by atoms with Gasteiger partial charge in [0.15, 0.2) is 0 Å². The second-order valence-electron chi connectivity index (χ2n) is 2.99. The summed E-state index contributed by atoms with van der Waals surface area (Å²) in [7, 11) is 0. The van der Waals surface area contributed by atoms with Gasteiger partial charge in [0.1, 0.15) is 5.82 Å². The van der Waals surface area contributed by atoms with Gasteiger partial charge in [0, 0.05) is 0 Å². The van der Waals surface area contributed by atoms with Gasteiger partial charge in [0.05, 0.1) is 6.04 Å². The lowest BCUT2D eigenvalue weighted by Crippen LogP contribution is -2.24. The van der Waals surface area contributed by atoms with Crippen molar-refractivity contribution in [3.63, 3.8) is 0 Å². The number of hydrogen-bond acceptors (Lipinski definition) is 1. The van der Waals surface area contributed by atoms with E-state index >= 15 is 0 Å². The highest BCUT2D eigenvalue weighted by atomic mass is 19.1. The fraction of sp³-hybridized carbons (Fsp3) is 0.182. The molecule has 1 rings (SSSR count). The first-order chi connectivity index (χ1) is 6.63. The molecule has 0 aliphatic rings. The quantitative estimate of drug-likeness (QED) is 0.732. The monoisotopic (exact) mass is 193 g/mol. The maximum absolute atomic E-state index is 12.6. The summed E-state index contributed by atoms with van der Waals surface area (Å²) in [5, 5.41) is 2.69. The second kappa shape index (κ2) is 4.56. The number of rotatable bonds is 3. The van der Waals surface area contributed by atoms with Gasteiger partial charge in [-0.25, -0.2) is 4.39 Å². The number of halogens is 1. The Hall–Kier alpha value is -1.64. The van der Waals surface area contributed by atoms with Crippen molar-refractivity contribution >= 4 is 5.91 Å². The van der Waals surface area contributed by atoms with Gasteiger partial charge < -0.3 is 5.32 Å². The van der Waals surface area contributed by atoms with Crippen LogP contribution < -0.4 is 5.32 Å². The molecule has 0 aromatic heterocycles. The number of carbonyl (C=O) groups is 1. The first-order valence-corrected chi connectivity index (χ1v) is 4.32. The SMILES string of the molecule is C=CC(=O)N[C@@H](C)c1ccc(F)cc1. The van der Waals surface area contributed by atoms with Crippen LogP contribution in [0.15, 0.2) is 36.9 Å². The van der Waals surface area contributed by atoms with Crippen LogP contribution in [0.25, 0.3) is 0 Å². The van der Waals surface area contributed by atoms with Crippen LogP contribution >= 0.6 is 0 Å². The molecule has 0 aliphatic carbocycles. The zero-order valence-electron chi connectivity index (χ0n) is 7.96. The standard InChI is InChI=1S/C11H12FNO/c1-3-11(14)13-8(2)9-4-6-10(12)7-5-9/h3-8H,1H2,2H3,(H,13,14)/t8-/m0/s1. The van der Waals surface area contributed by atoms with E-state index in [1.165, 1.54) is 18.2 Å². The zero-order chi connectivity index (χ0) is 10.6. The van der Waals surface area contributed by atoms with Crippen molar-refractivity contribution in [2.24, 2.45) is 0 Å². The van der Waals surface area contributed by atoms with Crippen LogP contribution in [0.1, 0.15) is 18.5 Å². The van der Waals surface area contributed by atoms with E-state index < -0.39 is 0 Å². The van der Waals surface area contributed by atoms with E-state index in [4.69, 9.17) is 0 Å². The Bertz CT molecular complexity index is 332. The molecule has 74 valence electrons. The number of nitrogens with one attached hydrogen (secondary N) is 1. The maximum Gasteiger partial charge on any atom is 0.243 e. The summed E-state index contributed by atoms with van der Waals surface area (Å²) in [6.07, 6.45) is 1.21. The van der Waals surface area contributed by atoms with Crippen LogP contribution in [-0.2, 0) is 4.79 Å². The summed E-state index contributed by atoms with van der Waals surface area (Å²) in [6, 6.07) is 5.88. The molecule has 0 saturated carbocycles. The molecule has 0 radical (unpaired) electrons. The summed E-state index contributed by atoms with van der Waals surface area (Å²) in [4.78, 5) is 11.0. The summed E-state index contributed by atoms with van der Waals surface area (Å²) >= 11 is 0. The lowest BCUT2D eigenvalue weighted by atomic mass is 10.1. The van der Waals surface area contributed by atoms with E-state index in [9.17, 15) is 9.18 Å². The fourth-order valence-corrected chi connectivity index (χ4v) is 1.11. The largest absolute Gasteiger partial charge is 0.346 e. The molecule has 1 amide bonds. The Kier molecular flexibility index (Phi) is 3.40. The molecule has 0 fully saturated rings. The molecule has 0 aliphatic heterocycles.